The number of carbonyl (C=O) groups is 1. The van der Waals surface area contributed by atoms with Gasteiger partial charge in [0.25, 0.3) is 0 Å². The number of nitrogens with one attached hydrogen (secondary N) is 3. The van der Waals surface area contributed by atoms with Crippen LogP contribution in [-0.4, -0.2) is 51.6 Å². The van der Waals surface area contributed by atoms with E-state index in [0.29, 0.717) is 36.8 Å². The second-order valence-electron chi connectivity index (χ2n) is 7.89. The first-order chi connectivity index (χ1) is 16.4. The molecule has 9 nitrogen and oxygen atoms in total. The van der Waals surface area contributed by atoms with E-state index in [9.17, 15) is 13.2 Å². The third kappa shape index (κ3) is 6.32. The Morgan fingerprint density at radius 2 is 1.74 bits per heavy atom. The zero-order valence-electron chi connectivity index (χ0n) is 20.0. The van der Waals surface area contributed by atoms with Crippen molar-refractivity contribution in [3.05, 3.63) is 42.0 Å². The monoisotopic (exact) mass is 490 g/mol. The number of amides is 1. The highest BCUT2D eigenvalue weighted by Crippen LogP contribution is 2.32. The predicted molar refractivity (Wildman–Crippen MR) is 133 cm³/mol. The zero-order chi connectivity index (χ0) is 24.6. The maximum Gasteiger partial charge on any atom is 0.243 e. The molecule has 3 rings (SSSR count). The SMILES string of the molecule is CCCCNc1ccc(S(=O)(=O)N(CC)CC)cc1NCC(=O)NCc1ccc2c(c1)OCO2. The van der Waals surface area contributed by atoms with E-state index >= 15 is 0 Å². The number of benzene rings is 2. The van der Waals surface area contributed by atoms with Crippen molar-refractivity contribution in [2.75, 3.05) is 43.6 Å². The number of carbonyl (C=O) groups excluding carboxylic acids is 1. The van der Waals surface area contributed by atoms with Gasteiger partial charge < -0.3 is 25.4 Å². The van der Waals surface area contributed by atoms with Crippen LogP contribution in [0.4, 0.5) is 11.4 Å². The Kier molecular flexibility index (Phi) is 9.00. The molecule has 0 unspecified atom stereocenters. The van der Waals surface area contributed by atoms with Crippen molar-refractivity contribution in [2.45, 2.75) is 45.1 Å². The van der Waals surface area contributed by atoms with Gasteiger partial charge in [0.15, 0.2) is 11.5 Å². The van der Waals surface area contributed by atoms with Gasteiger partial charge in [-0.15, -0.1) is 0 Å². The van der Waals surface area contributed by atoms with Crippen LogP contribution in [0.5, 0.6) is 11.5 Å². The summed E-state index contributed by atoms with van der Waals surface area (Å²) in [6, 6.07) is 10.5. The molecular weight excluding hydrogens is 456 g/mol. The lowest BCUT2D eigenvalue weighted by molar-refractivity contribution is -0.119. The Labute approximate surface area is 201 Å². The first kappa shape index (κ1) is 25.6. The standard InChI is InChI=1S/C24H34N4O5S/c1-4-7-12-25-20-10-9-19(34(30,31)28(5-2)6-3)14-21(20)26-16-24(29)27-15-18-8-11-22-23(13-18)33-17-32-22/h8-11,13-14,25-26H,4-7,12,15-17H2,1-3H3,(H,27,29). The van der Waals surface area contributed by atoms with E-state index < -0.39 is 10.0 Å². The second kappa shape index (κ2) is 11.9. The van der Waals surface area contributed by atoms with Gasteiger partial charge in [-0.1, -0.05) is 33.3 Å². The van der Waals surface area contributed by atoms with Gasteiger partial charge in [-0.3, -0.25) is 4.79 Å². The van der Waals surface area contributed by atoms with Crippen LogP contribution in [0.2, 0.25) is 0 Å². The number of ether oxygens (including phenoxy) is 2. The number of unbranched alkanes of at least 4 members (excludes halogenated alkanes) is 1. The van der Waals surface area contributed by atoms with Crippen molar-refractivity contribution >= 4 is 27.3 Å². The number of anilines is 2. The molecule has 1 aliphatic heterocycles. The number of hydrogen-bond donors (Lipinski definition) is 3. The van der Waals surface area contributed by atoms with Gasteiger partial charge >= 0.3 is 0 Å². The summed E-state index contributed by atoms with van der Waals surface area (Å²) in [5.74, 6) is 1.15. The fourth-order valence-electron chi connectivity index (χ4n) is 3.59. The molecule has 10 heteroatoms. The summed E-state index contributed by atoms with van der Waals surface area (Å²) in [6.45, 7) is 7.80. The molecular formula is C24H34N4O5S. The van der Waals surface area contributed by atoms with Crippen molar-refractivity contribution in [1.82, 2.24) is 9.62 Å². The van der Waals surface area contributed by atoms with Crippen molar-refractivity contribution in [3.63, 3.8) is 0 Å². The van der Waals surface area contributed by atoms with Crippen LogP contribution in [0.15, 0.2) is 41.3 Å². The van der Waals surface area contributed by atoms with Crippen molar-refractivity contribution in [3.8, 4) is 11.5 Å². The minimum Gasteiger partial charge on any atom is -0.454 e. The molecule has 0 bridgehead atoms. The molecule has 2 aromatic rings. The molecule has 0 spiro atoms. The van der Waals surface area contributed by atoms with E-state index in [2.05, 4.69) is 22.9 Å². The maximum atomic E-state index is 13.0. The van der Waals surface area contributed by atoms with Crippen LogP contribution in [0.25, 0.3) is 0 Å². The normalized spacial score (nSPS) is 12.6. The van der Waals surface area contributed by atoms with E-state index in [0.717, 1.165) is 30.6 Å². The molecule has 0 atom stereocenters. The molecule has 0 saturated heterocycles. The summed E-state index contributed by atoms with van der Waals surface area (Å²) in [5.41, 5.74) is 2.23. The quantitative estimate of drug-likeness (QED) is 0.369. The van der Waals surface area contributed by atoms with Crippen LogP contribution in [0.3, 0.4) is 0 Å². The number of nitrogens with zero attached hydrogens (tertiary/aromatic N) is 1. The van der Waals surface area contributed by atoms with Gasteiger partial charge in [-0.2, -0.15) is 4.31 Å². The topological polar surface area (TPSA) is 109 Å². The van der Waals surface area contributed by atoms with E-state index in [-0.39, 0.29) is 24.1 Å². The Balaban J connectivity index is 1.68. The van der Waals surface area contributed by atoms with Crippen LogP contribution < -0.4 is 25.4 Å². The second-order valence-corrected chi connectivity index (χ2v) is 9.83. The number of sulfonamides is 1. The first-order valence-electron chi connectivity index (χ1n) is 11.7. The highest BCUT2D eigenvalue weighted by molar-refractivity contribution is 7.89. The molecule has 0 radical (unpaired) electrons. The van der Waals surface area contributed by atoms with Gasteiger partial charge in [0, 0.05) is 26.2 Å². The van der Waals surface area contributed by atoms with Crippen molar-refractivity contribution < 1.29 is 22.7 Å². The van der Waals surface area contributed by atoms with E-state index in [1.165, 1.54) is 4.31 Å². The molecule has 34 heavy (non-hydrogen) atoms. The lowest BCUT2D eigenvalue weighted by atomic mass is 10.2. The van der Waals surface area contributed by atoms with Crippen LogP contribution in [0.1, 0.15) is 39.2 Å². The lowest BCUT2D eigenvalue weighted by Crippen LogP contribution is -2.31. The van der Waals surface area contributed by atoms with Crippen LogP contribution in [0, 0.1) is 0 Å². The van der Waals surface area contributed by atoms with E-state index in [1.807, 2.05) is 32.0 Å². The third-order valence-electron chi connectivity index (χ3n) is 5.55. The smallest absolute Gasteiger partial charge is 0.243 e. The number of hydrogen-bond acceptors (Lipinski definition) is 7. The van der Waals surface area contributed by atoms with Gasteiger partial charge in [0.2, 0.25) is 22.7 Å². The molecule has 3 N–H and O–H groups in total. The number of rotatable bonds is 13. The molecule has 0 aromatic heterocycles. The molecule has 0 fully saturated rings. The van der Waals surface area contributed by atoms with E-state index in [4.69, 9.17) is 9.47 Å². The van der Waals surface area contributed by atoms with Gasteiger partial charge in [0.1, 0.15) is 0 Å². The Bertz CT molecular complexity index is 1090. The largest absolute Gasteiger partial charge is 0.454 e. The highest BCUT2D eigenvalue weighted by Gasteiger charge is 2.23. The average molecular weight is 491 g/mol. The molecule has 0 aliphatic carbocycles. The first-order valence-corrected chi connectivity index (χ1v) is 13.1. The maximum absolute atomic E-state index is 13.0. The van der Waals surface area contributed by atoms with Crippen LogP contribution >= 0.6 is 0 Å². The molecule has 1 aliphatic rings. The number of fused-ring (bicyclic) bond motifs is 1. The van der Waals surface area contributed by atoms with Crippen LogP contribution in [-0.2, 0) is 21.4 Å². The minimum atomic E-state index is -3.61. The summed E-state index contributed by atoms with van der Waals surface area (Å²) in [4.78, 5) is 12.7. The summed E-state index contributed by atoms with van der Waals surface area (Å²) >= 11 is 0. The summed E-state index contributed by atoms with van der Waals surface area (Å²) in [7, 11) is -3.61. The Hall–Kier alpha value is -2.98. The Morgan fingerprint density at radius 3 is 2.47 bits per heavy atom. The predicted octanol–water partition coefficient (Wildman–Crippen LogP) is 3.39. The van der Waals surface area contributed by atoms with Gasteiger partial charge in [0.05, 0.1) is 22.8 Å². The molecule has 1 heterocycles. The summed E-state index contributed by atoms with van der Waals surface area (Å²) in [6.07, 6.45) is 2.02. The fourth-order valence-corrected chi connectivity index (χ4v) is 5.07. The third-order valence-corrected chi connectivity index (χ3v) is 7.59. The molecule has 0 saturated carbocycles. The van der Waals surface area contributed by atoms with Crippen molar-refractivity contribution in [1.29, 1.82) is 0 Å². The lowest BCUT2D eigenvalue weighted by Gasteiger charge is -2.20. The molecule has 186 valence electrons. The molecule has 2 aromatic carbocycles. The zero-order valence-corrected chi connectivity index (χ0v) is 20.8. The molecule has 1 amide bonds. The Morgan fingerprint density at radius 1 is 0.971 bits per heavy atom. The summed E-state index contributed by atoms with van der Waals surface area (Å²) in [5, 5.41) is 9.30. The fraction of sp³-hybridized carbons (Fsp3) is 0.458. The average Bonchev–Trinajstić information content (AvgIpc) is 3.30. The van der Waals surface area contributed by atoms with Gasteiger partial charge in [-0.05, 0) is 42.3 Å². The van der Waals surface area contributed by atoms with Gasteiger partial charge in [-0.25, -0.2) is 8.42 Å². The summed E-state index contributed by atoms with van der Waals surface area (Å²) < 4.78 is 38.0. The minimum absolute atomic E-state index is 0.00177. The van der Waals surface area contributed by atoms with E-state index in [1.54, 1.807) is 18.2 Å². The van der Waals surface area contributed by atoms with Crippen molar-refractivity contribution in [2.24, 2.45) is 0 Å². The highest BCUT2D eigenvalue weighted by atomic mass is 32.2.